The van der Waals surface area contributed by atoms with Crippen LogP contribution in [0.4, 0.5) is 0 Å². The second-order valence-corrected chi connectivity index (χ2v) is 3.82. The summed E-state index contributed by atoms with van der Waals surface area (Å²) in [5.41, 5.74) is 4.35. The highest BCUT2D eigenvalue weighted by Crippen LogP contribution is 2.11. The highest BCUT2D eigenvalue weighted by atomic mass is 14.0. The minimum absolute atomic E-state index is 0.889. The minimum Gasteiger partial charge on any atom is -0.0998 e. The van der Waals surface area contributed by atoms with Gasteiger partial charge in [0.1, 0.15) is 0 Å². The van der Waals surface area contributed by atoms with Crippen LogP contribution in [0.2, 0.25) is 0 Å². The molecule has 0 aromatic heterocycles. The molecule has 1 rings (SSSR count). The van der Waals surface area contributed by atoms with Crippen LogP contribution >= 0.6 is 0 Å². The van der Waals surface area contributed by atoms with Gasteiger partial charge in [-0.3, -0.25) is 0 Å². The number of allylic oxidation sites excluding steroid dienone is 2. The predicted octanol–water partition coefficient (Wildman–Crippen LogP) is 3.73. The van der Waals surface area contributed by atoms with Gasteiger partial charge in [0, 0.05) is 5.56 Å². The third kappa shape index (κ3) is 3.87. The van der Waals surface area contributed by atoms with E-state index in [-0.39, 0.29) is 0 Å². The lowest BCUT2D eigenvalue weighted by molar-refractivity contribution is 1.15. The molecular weight excluding hydrogens is 180 g/mol. The summed E-state index contributed by atoms with van der Waals surface area (Å²) < 4.78 is 0. The van der Waals surface area contributed by atoms with Crippen molar-refractivity contribution < 1.29 is 0 Å². The van der Waals surface area contributed by atoms with Crippen LogP contribution in [0.3, 0.4) is 0 Å². The van der Waals surface area contributed by atoms with Crippen LogP contribution < -0.4 is 0 Å². The van der Waals surface area contributed by atoms with Gasteiger partial charge >= 0.3 is 0 Å². The molecule has 0 saturated carbocycles. The van der Waals surface area contributed by atoms with Gasteiger partial charge in [-0.1, -0.05) is 48.8 Å². The van der Waals surface area contributed by atoms with Crippen molar-refractivity contribution in [3.63, 3.8) is 0 Å². The Bertz CT molecular complexity index is 439. The van der Waals surface area contributed by atoms with Crippen LogP contribution in [-0.4, -0.2) is 0 Å². The van der Waals surface area contributed by atoms with Crippen molar-refractivity contribution in [2.45, 2.75) is 20.3 Å². The summed E-state index contributed by atoms with van der Waals surface area (Å²) >= 11 is 0. The van der Waals surface area contributed by atoms with E-state index in [9.17, 15) is 0 Å². The highest BCUT2D eigenvalue weighted by molar-refractivity contribution is 5.45. The van der Waals surface area contributed by atoms with E-state index >= 15 is 0 Å². The second kappa shape index (κ2) is 5.22. The smallest absolute Gasteiger partial charge is 0.0284 e. The van der Waals surface area contributed by atoms with Gasteiger partial charge in [-0.2, -0.15) is 0 Å². The zero-order valence-corrected chi connectivity index (χ0v) is 9.43. The van der Waals surface area contributed by atoms with E-state index in [1.165, 1.54) is 5.56 Å². The van der Waals surface area contributed by atoms with Crippen LogP contribution in [-0.2, 0) is 6.42 Å². The van der Waals surface area contributed by atoms with Crippen molar-refractivity contribution >= 4 is 0 Å². The fraction of sp³-hybridized carbons (Fsp3) is 0.200. The third-order valence-electron chi connectivity index (χ3n) is 1.92. The molecule has 0 aliphatic carbocycles. The first-order chi connectivity index (χ1) is 7.09. The Kier molecular flexibility index (Phi) is 3.94. The molecule has 0 bridgehead atoms. The van der Waals surface area contributed by atoms with Crippen molar-refractivity contribution in [2.24, 2.45) is 0 Å². The molecule has 0 nitrogen and oxygen atoms in total. The molecule has 0 fully saturated rings. The minimum atomic E-state index is 0.889. The summed E-state index contributed by atoms with van der Waals surface area (Å²) in [5, 5.41) is 0. The average Bonchev–Trinajstić information content (AvgIpc) is 2.15. The molecule has 0 saturated heterocycles. The Morgan fingerprint density at radius 3 is 2.47 bits per heavy atom. The lowest BCUT2D eigenvalue weighted by Crippen LogP contribution is -1.90. The molecule has 1 aromatic carbocycles. The normalized spacial score (nSPS) is 8.93. The van der Waals surface area contributed by atoms with Crippen LogP contribution in [0.5, 0.6) is 0 Å². The molecule has 0 heterocycles. The monoisotopic (exact) mass is 196 g/mol. The van der Waals surface area contributed by atoms with Crippen molar-refractivity contribution in [2.75, 3.05) is 0 Å². The van der Waals surface area contributed by atoms with Gasteiger partial charge in [-0.25, -0.2) is 0 Å². The summed E-state index contributed by atoms with van der Waals surface area (Å²) in [6.45, 7) is 11.6. The second-order valence-electron chi connectivity index (χ2n) is 3.82. The molecule has 0 radical (unpaired) electrons. The van der Waals surface area contributed by atoms with Gasteiger partial charge in [0.2, 0.25) is 0 Å². The van der Waals surface area contributed by atoms with Gasteiger partial charge in [0.25, 0.3) is 0 Å². The van der Waals surface area contributed by atoms with E-state index in [1.807, 2.05) is 32.0 Å². The molecular formula is C15H16. The largest absolute Gasteiger partial charge is 0.0998 e. The van der Waals surface area contributed by atoms with E-state index in [2.05, 4.69) is 31.1 Å². The van der Waals surface area contributed by atoms with Gasteiger partial charge in [0.05, 0.1) is 0 Å². The van der Waals surface area contributed by atoms with Gasteiger partial charge in [-0.05, 0) is 37.5 Å². The maximum Gasteiger partial charge on any atom is 0.0284 e. The SMILES string of the molecule is C=C(C)C#Cc1ccccc1CC(=C)C. The number of benzene rings is 1. The first kappa shape index (κ1) is 11.3. The zero-order valence-electron chi connectivity index (χ0n) is 9.43. The molecule has 76 valence electrons. The Balaban J connectivity index is 3.02. The molecule has 0 unspecified atom stereocenters. The molecule has 15 heavy (non-hydrogen) atoms. The maximum absolute atomic E-state index is 3.92. The molecule has 0 heteroatoms. The molecule has 0 spiro atoms. The van der Waals surface area contributed by atoms with E-state index in [4.69, 9.17) is 0 Å². The standard InChI is InChI=1S/C15H16/c1-12(2)9-10-14-7-5-6-8-15(14)11-13(3)4/h5-8H,1,3,11H2,2,4H3. The first-order valence-corrected chi connectivity index (χ1v) is 4.99. The Morgan fingerprint density at radius 1 is 1.20 bits per heavy atom. The van der Waals surface area contributed by atoms with Crippen molar-refractivity contribution in [3.05, 3.63) is 59.7 Å². The molecule has 0 N–H and O–H groups in total. The van der Waals surface area contributed by atoms with Gasteiger partial charge < -0.3 is 0 Å². The van der Waals surface area contributed by atoms with E-state index in [1.54, 1.807) is 0 Å². The van der Waals surface area contributed by atoms with Crippen LogP contribution in [0.25, 0.3) is 0 Å². The van der Waals surface area contributed by atoms with Gasteiger partial charge in [-0.15, -0.1) is 0 Å². The zero-order chi connectivity index (χ0) is 11.3. The summed E-state index contributed by atoms with van der Waals surface area (Å²) in [6, 6.07) is 8.17. The number of hydrogen-bond acceptors (Lipinski definition) is 0. The molecule has 0 aliphatic heterocycles. The fourth-order valence-corrected chi connectivity index (χ4v) is 1.30. The Labute approximate surface area is 92.3 Å². The summed E-state index contributed by atoms with van der Waals surface area (Å²) in [4.78, 5) is 0. The predicted molar refractivity (Wildman–Crippen MR) is 66.7 cm³/mol. The maximum atomic E-state index is 3.92. The van der Waals surface area contributed by atoms with Crippen molar-refractivity contribution in [1.29, 1.82) is 0 Å². The quantitative estimate of drug-likeness (QED) is 0.499. The number of hydrogen-bond donors (Lipinski definition) is 0. The van der Waals surface area contributed by atoms with Crippen LogP contribution in [0, 0.1) is 11.8 Å². The molecule has 0 atom stereocenters. The highest BCUT2D eigenvalue weighted by Gasteiger charge is 1.98. The average molecular weight is 196 g/mol. The third-order valence-corrected chi connectivity index (χ3v) is 1.92. The number of rotatable bonds is 2. The Hall–Kier alpha value is -1.74. The topological polar surface area (TPSA) is 0 Å². The summed E-state index contributed by atoms with van der Waals surface area (Å²) in [5.74, 6) is 6.13. The first-order valence-electron chi connectivity index (χ1n) is 4.99. The Morgan fingerprint density at radius 2 is 1.87 bits per heavy atom. The van der Waals surface area contributed by atoms with Crippen molar-refractivity contribution in [1.82, 2.24) is 0 Å². The summed E-state index contributed by atoms with van der Waals surface area (Å²) in [6.07, 6.45) is 0.890. The lowest BCUT2D eigenvalue weighted by atomic mass is 10.0. The summed E-state index contributed by atoms with van der Waals surface area (Å²) in [7, 11) is 0. The van der Waals surface area contributed by atoms with E-state index in [0.29, 0.717) is 0 Å². The molecule has 1 aromatic rings. The lowest BCUT2D eigenvalue weighted by Gasteiger charge is -2.03. The van der Waals surface area contributed by atoms with Crippen LogP contribution in [0.1, 0.15) is 25.0 Å². The fourth-order valence-electron chi connectivity index (χ4n) is 1.30. The van der Waals surface area contributed by atoms with Gasteiger partial charge in [0.15, 0.2) is 0 Å². The molecule has 0 amide bonds. The van der Waals surface area contributed by atoms with E-state index in [0.717, 1.165) is 23.1 Å². The molecule has 0 aliphatic rings. The van der Waals surface area contributed by atoms with Crippen molar-refractivity contribution in [3.8, 4) is 11.8 Å². The van der Waals surface area contributed by atoms with E-state index < -0.39 is 0 Å². The van der Waals surface area contributed by atoms with Crippen LogP contribution in [0.15, 0.2) is 48.6 Å².